The van der Waals surface area contributed by atoms with Crippen molar-refractivity contribution in [3.8, 4) is 0 Å². The van der Waals surface area contributed by atoms with E-state index >= 15 is 0 Å². The van der Waals surface area contributed by atoms with Crippen molar-refractivity contribution in [1.29, 1.82) is 0 Å². The third-order valence-corrected chi connectivity index (χ3v) is 9.76. The minimum atomic E-state index is -3.52. The van der Waals surface area contributed by atoms with Crippen LogP contribution in [0.15, 0.2) is 53.7 Å². The number of sulfonamides is 1. The van der Waals surface area contributed by atoms with Crippen LogP contribution in [0.2, 0.25) is 0 Å². The van der Waals surface area contributed by atoms with Crippen molar-refractivity contribution in [1.82, 2.24) is 18.8 Å². The van der Waals surface area contributed by atoms with Crippen molar-refractivity contribution in [2.75, 3.05) is 45.2 Å². The third kappa shape index (κ3) is 5.11. The summed E-state index contributed by atoms with van der Waals surface area (Å²) in [7, 11) is 0.342. The Kier molecular flexibility index (Phi) is 7.02. The van der Waals surface area contributed by atoms with Crippen LogP contribution in [0.3, 0.4) is 0 Å². The highest BCUT2D eigenvalue weighted by Gasteiger charge is 2.31. The Hall–Kier alpha value is -2.91. The maximum absolute atomic E-state index is 13.4. The van der Waals surface area contributed by atoms with Crippen LogP contribution in [0.5, 0.6) is 0 Å². The van der Waals surface area contributed by atoms with Crippen LogP contribution in [0.25, 0.3) is 5.52 Å². The highest BCUT2D eigenvalue weighted by Crippen LogP contribution is 2.32. The van der Waals surface area contributed by atoms with Gasteiger partial charge in [0.1, 0.15) is 0 Å². The van der Waals surface area contributed by atoms with E-state index in [0.717, 1.165) is 49.1 Å². The predicted octanol–water partition coefficient (Wildman–Crippen LogP) is 4.09. The van der Waals surface area contributed by atoms with Gasteiger partial charge in [-0.15, -0.1) is 0 Å². The second-order valence-electron chi connectivity index (χ2n) is 11.1. The number of piperidine rings is 2. The predicted molar refractivity (Wildman–Crippen MR) is 146 cm³/mol. The number of carbonyl (C=O) groups is 1. The molecule has 2 aliphatic rings. The van der Waals surface area contributed by atoms with Gasteiger partial charge >= 0.3 is 0 Å². The second-order valence-corrected chi connectivity index (χ2v) is 13.0. The van der Waals surface area contributed by atoms with E-state index in [4.69, 9.17) is 0 Å². The molecule has 0 aliphatic carbocycles. The number of aromatic nitrogens is 2. The van der Waals surface area contributed by atoms with Gasteiger partial charge in [0.25, 0.3) is 5.91 Å². The van der Waals surface area contributed by atoms with Crippen molar-refractivity contribution >= 4 is 27.1 Å². The monoisotopic (exact) mass is 523 g/mol. The van der Waals surface area contributed by atoms with Gasteiger partial charge in [0.2, 0.25) is 10.0 Å². The number of benzene rings is 1. The zero-order valence-corrected chi connectivity index (χ0v) is 23.0. The Morgan fingerprint density at radius 1 is 1.00 bits per heavy atom. The molecular formula is C28H37N5O3S. The average molecular weight is 524 g/mol. The minimum absolute atomic E-state index is 0.0479. The topological polar surface area (TPSA) is 78.2 Å². The molecule has 1 aromatic carbocycles. The summed E-state index contributed by atoms with van der Waals surface area (Å²) < 4.78 is 29.8. The number of rotatable bonds is 5. The van der Waals surface area contributed by atoms with Crippen molar-refractivity contribution < 1.29 is 13.2 Å². The molecule has 9 heteroatoms. The molecule has 0 saturated carbocycles. The first kappa shape index (κ1) is 25.7. The van der Waals surface area contributed by atoms with Gasteiger partial charge in [-0.05, 0) is 79.0 Å². The number of anilines is 1. The Morgan fingerprint density at radius 2 is 1.65 bits per heavy atom. The molecular weight excluding hydrogens is 486 g/mol. The highest BCUT2D eigenvalue weighted by molar-refractivity contribution is 7.89. The molecule has 8 nitrogen and oxygen atoms in total. The number of likely N-dealkylation sites (tertiary alicyclic amines) is 1. The van der Waals surface area contributed by atoms with Gasteiger partial charge in [-0.25, -0.2) is 12.9 Å². The van der Waals surface area contributed by atoms with E-state index in [0.29, 0.717) is 35.4 Å². The fourth-order valence-electron chi connectivity index (χ4n) is 5.91. The van der Waals surface area contributed by atoms with Crippen LogP contribution in [0.4, 0.5) is 5.69 Å². The molecule has 3 aromatic rings. The number of pyridine rings is 1. The molecule has 198 valence electrons. The van der Waals surface area contributed by atoms with E-state index < -0.39 is 10.0 Å². The van der Waals surface area contributed by atoms with Crippen LogP contribution < -0.4 is 4.90 Å². The fourth-order valence-corrected chi connectivity index (χ4v) is 7.38. The van der Waals surface area contributed by atoms with Crippen LogP contribution in [0, 0.1) is 11.8 Å². The van der Waals surface area contributed by atoms with Crippen LogP contribution in [-0.2, 0) is 10.0 Å². The van der Waals surface area contributed by atoms with E-state index in [1.54, 1.807) is 27.2 Å². The van der Waals surface area contributed by atoms with E-state index in [9.17, 15) is 13.2 Å². The first-order valence-corrected chi connectivity index (χ1v) is 14.6. The lowest BCUT2D eigenvalue weighted by Crippen LogP contribution is -2.42. The lowest BCUT2D eigenvalue weighted by molar-refractivity contribution is 0.0625. The first-order chi connectivity index (χ1) is 17.6. The Balaban J connectivity index is 1.30. The molecule has 2 unspecified atom stereocenters. The number of carbonyl (C=O) groups excluding carboxylic acids is 1. The molecule has 4 heterocycles. The molecule has 2 aliphatic heterocycles. The van der Waals surface area contributed by atoms with E-state index in [-0.39, 0.29) is 11.8 Å². The molecule has 0 radical (unpaired) electrons. The van der Waals surface area contributed by atoms with Gasteiger partial charge in [0.05, 0.1) is 22.2 Å². The van der Waals surface area contributed by atoms with Crippen LogP contribution in [0.1, 0.15) is 54.9 Å². The maximum atomic E-state index is 13.4. The molecule has 0 spiro atoms. The molecule has 0 bridgehead atoms. The zero-order valence-electron chi connectivity index (χ0n) is 22.2. The van der Waals surface area contributed by atoms with Gasteiger partial charge in [0.15, 0.2) is 0 Å². The lowest BCUT2D eigenvalue weighted by Gasteiger charge is -2.34. The molecule has 0 N–H and O–H groups in total. The van der Waals surface area contributed by atoms with Crippen molar-refractivity contribution in [3.63, 3.8) is 0 Å². The van der Waals surface area contributed by atoms with E-state index in [1.807, 2.05) is 48.3 Å². The molecule has 2 fully saturated rings. The van der Waals surface area contributed by atoms with Gasteiger partial charge in [-0.3, -0.25) is 4.79 Å². The number of nitrogens with zero attached hydrogens (tertiary/aromatic N) is 5. The quantitative estimate of drug-likeness (QED) is 0.504. The van der Waals surface area contributed by atoms with Gasteiger partial charge in [-0.2, -0.15) is 9.40 Å². The summed E-state index contributed by atoms with van der Waals surface area (Å²) in [4.78, 5) is 17.7. The Bertz CT molecular complexity index is 1360. The van der Waals surface area contributed by atoms with Crippen LogP contribution in [-0.4, -0.2) is 73.4 Å². The number of amides is 1. The summed E-state index contributed by atoms with van der Waals surface area (Å²) in [5.74, 6) is 1.28. The largest absolute Gasteiger partial charge is 0.378 e. The smallest absolute Gasteiger partial charge is 0.257 e. The van der Waals surface area contributed by atoms with Crippen LogP contribution >= 0.6 is 0 Å². The zero-order chi connectivity index (χ0) is 26.3. The lowest BCUT2D eigenvalue weighted by atomic mass is 9.90. The first-order valence-electron chi connectivity index (χ1n) is 13.2. The third-order valence-electron chi connectivity index (χ3n) is 7.85. The molecule has 37 heavy (non-hydrogen) atoms. The number of hydrogen-bond donors (Lipinski definition) is 0. The normalized spacial score (nSPS) is 21.9. The van der Waals surface area contributed by atoms with E-state index in [1.165, 1.54) is 0 Å². The second kappa shape index (κ2) is 10.1. The molecule has 1 amide bonds. The summed E-state index contributed by atoms with van der Waals surface area (Å²) in [6.45, 7) is 6.92. The number of hydrogen-bond acceptors (Lipinski definition) is 5. The summed E-state index contributed by atoms with van der Waals surface area (Å²) in [6.07, 6.45) is 6.23. The molecule has 2 saturated heterocycles. The average Bonchev–Trinajstić information content (AvgIpc) is 3.31. The summed E-state index contributed by atoms with van der Waals surface area (Å²) in [6, 6.07) is 11.2. The minimum Gasteiger partial charge on any atom is -0.378 e. The van der Waals surface area contributed by atoms with Gasteiger partial charge < -0.3 is 9.80 Å². The SMILES string of the molecule is CC1CC(C)CN(C(=O)c2cnn3ccc(C4CCN(S(=O)(=O)c5ccc(N(C)C)cc5)CC4)cc23)C1. The molecule has 5 rings (SSSR count). The maximum Gasteiger partial charge on any atom is 0.257 e. The van der Waals surface area contributed by atoms with Gasteiger partial charge in [-0.1, -0.05) is 13.8 Å². The Morgan fingerprint density at radius 3 is 2.27 bits per heavy atom. The van der Waals surface area contributed by atoms with Crippen molar-refractivity contribution in [2.24, 2.45) is 11.8 Å². The Labute approximate surface area is 219 Å². The standard InChI is InChI=1S/C28H37N5O3S/c1-20-15-21(2)19-31(18-20)28(34)26-17-29-33-14-11-23(16-27(26)33)22-9-12-32(13-10-22)37(35,36)25-7-5-24(6-8-25)30(3)4/h5-8,11,14,16-17,20-22H,9-10,12-13,15,18-19H2,1-4H3. The highest BCUT2D eigenvalue weighted by atomic mass is 32.2. The van der Waals surface area contributed by atoms with Crippen molar-refractivity contribution in [2.45, 2.75) is 43.9 Å². The van der Waals surface area contributed by atoms with Crippen molar-refractivity contribution in [3.05, 3.63) is 59.9 Å². The molecule has 2 aromatic heterocycles. The van der Waals surface area contributed by atoms with E-state index in [2.05, 4.69) is 25.0 Å². The summed E-state index contributed by atoms with van der Waals surface area (Å²) in [5.41, 5.74) is 3.57. The number of fused-ring (bicyclic) bond motifs is 1. The summed E-state index contributed by atoms with van der Waals surface area (Å²) in [5, 5.41) is 4.43. The summed E-state index contributed by atoms with van der Waals surface area (Å²) >= 11 is 0. The fraction of sp³-hybridized carbons (Fsp3) is 0.500. The van der Waals surface area contributed by atoms with Gasteiger partial charge in [0, 0.05) is 52.2 Å². The molecule has 2 atom stereocenters.